The quantitative estimate of drug-likeness (QED) is 0.680. The minimum Gasteiger partial charge on any atom is -0.426 e. The van der Waals surface area contributed by atoms with E-state index in [4.69, 9.17) is 16.6 Å². The fourth-order valence-electron chi connectivity index (χ4n) is 1.03. The highest BCUT2D eigenvalue weighted by Gasteiger charge is 2.03. The summed E-state index contributed by atoms with van der Waals surface area (Å²) in [6, 6.07) is 9.38. The molecular formula is C11H10N2O. The molecule has 1 rings (SSSR count). The van der Waals surface area contributed by atoms with Gasteiger partial charge in [0, 0.05) is 0 Å². The average molecular weight is 186 g/mol. The first-order valence-corrected chi connectivity index (χ1v) is 4.23. The molecule has 0 heterocycles. The van der Waals surface area contributed by atoms with Crippen molar-refractivity contribution in [3.63, 3.8) is 0 Å². The second kappa shape index (κ2) is 4.89. The van der Waals surface area contributed by atoms with Crippen molar-refractivity contribution < 1.29 is 4.74 Å². The Hall–Kier alpha value is -2.00. The smallest absolute Gasteiger partial charge is 0.357 e. The lowest BCUT2D eigenvalue weighted by atomic mass is 10.0. The zero-order valence-corrected chi connectivity index (χ0v) is 7.90. The topological polar surface area (TPSA) is 37.4 Å². The van der Waals surface area contributed by atoms with Crippen LogP contribution in [0.1, 0.15) is 18.4 Å². The van der Waals surface area contributed by atoms with E-state index in [1.807, 2.05) is 19.1 Å². The summed E-state index contributed by atoms with van der Waals surface area (Å²) in [7, 11) is 0. The summed E-state index contributed by atoms with van der Waals surface area (Å²) < 4.78 is 5.09. The SMILES string of the molecule is [C-]#[N+]COc1ccc(C(C)C#N)cc1. The lowest BCUT2D eigenvalue weighted by Crippen LogP contribution is -1.93. The van der Waals surface area contributed by atoms with Crippen molar-refractivity contribution in [1.82, 2.24) is 0 Å². The number of benzene rings is 1. The number of hydrogen-bond donors (Lipinski definition) is 0. The van der Waals surface area contributed by atoms with Gasteiger partial charge >= 0.3 is 6.73 Å². The molecule has 0 aromatic heterocycles. The van der Waals surface area contributed by atoms with Gasteiger partial charge in [0.2, 0.25) is 0 Å². The first kappa shape index (κ1) is 10.1. The zero-order valence-electron chi connectivity index (χ0n) is 7.90. The molecule has 1 aromatic rings. The third-order valence-corrected chi connectivity index (χ3v) is 1.87. The van der Waals surface area contributed by atoms with Gasteiger partial charge < -0.3 is 4.74 Å². The van der Waals surface area contributed by atoms with Crippen LogP contribution in [0.5, 0.6) is 5.75 Å². The van der Waals surface area contributed by atoms with E-state index in [2.05, 4.69) is 10.9 Å². The fourth-order valence-corrected chi connectivity index (χ4v) is 1.03. The van der Waals surface area contributed by atoms with Crippen LogP contribution in [0.15, 0.2) is 24.3 Å². The summed E-state index contributed by atoms with van der Waals surface area (Å²) in [4.78, 5) is 3.08. The van der Waals surface area contributed by atoms with E-state index in [0.717, 1.165) is 5.56 Å². The lowest BCUT2D eigenvalue weighted by Gasteiger charge is -2.03. The number of hydrogen-bond acceptors (Lipinski definition) is 2. The second-order valence-electron chi connectivity index (χ2n) is 2.85. The van der Waals surface area contributed by atoms with Crippen molar-refractivity contribution in [2.75, 3.05) is 6.73 Å². The molecule has 1 aromatic carbocycles. The number of nitrogens with zero attached hydrogens (tertiary/aromatic N) is 2. The molecular weight excluding hydrogens is 176 g/mol. The molecule has 0 bridgehead atoms. The van der Waals surface area contributed by atoms with E-state index in [0.29, 0.717) is 5.75 Å². The Kier molecular flexibility index (Phi) is 3.52. The predicted molar refractivity (Wildman–Crippen MR) is 52.6 cm³/mol. The van der Waals surface area contributed by atoms with Crippen LogP contribution in [0.3, 0.4) is 0 Å². The first-order chi connectivity index (χ1) is 6.77. The molecule has 0 fully saturated rings. The van der Waals surface area contributed by atoms with Gasteiger partial charge in [0.05, 0.1) is 12.0 Å². The summed E-state index contributed by atoms with van der Waals surface area (Å²) in [5.41, 5.74) is 0.961. The lowest BCUT2D eigenvalue weighted by molar-refractivity contribution is 0.361. The highest BCUT2D eigenvalue weighted by Crippen LogP contribution is 2.18. The predicted octanol–water partition coefficient (Wildman–Crippen LogP) is 2.57. The second-order valence-corrected chi connectivity index (χ2v) is 2.85. The van der Waals surface area contributed by atoms with Crippen LogP contribution in [0.4, 0.5) is 0 Å². The van der Waals surface area contributed by atoms with Crippen molar-refractivity contribution in [3.05, 3.63) is 41.2 Å². The molecule has 70 valence electrons. The van der Waals surface area contributed by atoms with E-state index < -0.39 is 0 Å². The van der Waals surface area contributed by atoms with Gasteiger partial charge in [-0.3, -0.25) is 4.85 Å². The minimum absolute atomic E-state index is 0.0349. The Morgan fingerprint density at radius 1 is 1.50 bits per heavy atom. The van der Waals surface area contributed by atoms with Crippen LogP contribution in [-0.4, -0.2) is 6.73 Å². The monoisotopic (exact) mass is 186 g/mol. The Morgan fingerprint density at radius 2 is 2.14 bits per heavy atom. The fraction of sp³-hybridized carbons (Fsp3) is 0.273. The molecule has 0 saturated heterocycles. The maximum atomic E-state index is 8.68. The molecule has 0 aliphatic rings. The molecule has 0 radical (unpaired) electrons. The zero-order chi connectivity index (χ0) is 10.4. The van der Waals surface area contributed by atoms with Crippen LogP contribution in [0.25, 0.3) is 4.85 Å². The summed E-state index contributed by atoms with van der Waals surface area (Å²) >= 11 is 0. The number of ether oxygens (including phenoxy) is 1. The van der Waals surface area contributed by atoms with Crippen LogP contribution >= 0.6 is 0 Å². The molecule has 14 heavy (non-hydrogen) atoms. The van der Waals surface area contributed by atoms with Crippen molar-refractivity contribution in [1.29, 1.82) is 5.26 Å². The molecule has 0 amide bonds. The van der Waals surface area contributed by atoms with Crippen LogP contribution in [0, 0.1) is 17.9 Å². The summed E-state index contributed by atoms with van der Waals surface area (Å²) in [5.74, 6) is 0.555. The maximum absolute atomic E-state index is 8.68. The van der Waals surface area contributed by atoms with Gasteiger partial charge in [0.15, 0.2) is 0 Å². The Balaban J connectivity index is 2.70. The van der Waals surface area contributed by atoms with E-state index in [9.17, 15) is 0 Å². The largest absolute Gasteiger partial charge is 0.426 e. The Bertz CT molecular complexity index is 370. The average Bonchev–Trinajstić information content (AvgIpc) is 2.26. The highest BCUT2D eigenvalue weighted by molar-refractivity contribution is 5.31. The Labute approximate surface area is 83.4 Å². The van der Waals surface area contributed by atoms with Crippen molar-refractivity contribution in [3.8, 4) is 11.8 Å². The van der Waals surface area contributed by atoms with Gasteiger partial charge in [-0.1, -0.05) is 12.1 Å². The van der Waals surface area contributed by atoms with Crippen molar-refractivity contribution >= 4 is 0 Å². The molecule has 1 atom stereocenters. The molecule has 0 aliphatic heterocycles. The summed E-state index contributed by atoms with van der Waals surface area (Å²) in [6.07, 6.45) is 0. The van der Waals surface area contributed by atoms with Gasteiger partial charge in [0.25, 0.3) is 0 Å². The van der Waals surface area contributed by atoms with Crippen molar-refractivity contribution in [2.45, 2.75) is 12.8 Å². The third kappa shape index (κ3) is 2.50. The van der Waals surface area contributed by atoms with E-state index in [1.54, 1.807) is 12.1 Å². The molecule has 0 aliphatic carbocycles. The molecule has 0 saturated carbocycles. The molecule has 0 N–H and O–H groups in total. The van der Waals surface area contributed by atoms with E-state index in [1.165, 1.54) is 0 Å². The molecule has 3 nitrogen and oxygen atoms in total. The van der Waals surface area contributed by atoms with E-state index in [-0.39, 0.29) is 12.6 Å². The van der Waals surface area contributed by atoms with Crippen LogP contribution in [0.2, 0.25) is 0 Å². The summed E-state index contributed by atoms with van der Waals surface area (Å²) in [6.45, 7) is 8.43. The summed E-state index contributed by atoms with van der Waals surface area (Å²) in [5, 5.41) is 8.68. The van der Waals surface area contributed by atoms with Gasteiger partial charge in [-0.05, 0) is 24.6 Å². The molecule has 0 spiro atoms. The van der Waals surface area contributed by atoms with Gasteiger partial charge in [-0.15, -0.1) is 0 Å². The maximum Gasteiger partial charge on any atom is 0.357 e. The minimum atomic E-state index is -0.107. The number of nitriles is 1. The number of rotatable bonds is 3. The highest BCUT2D eigenvalue weighted by atomic mass is 16.5. The van der Waals surface area contributed by atoms with Crippen molar-refractivity contribution in [2.24, 2.45) is 0 Å². The van der Waals surface area contributed by atoms with E-state index >= 15 is 0 Å². The molecule has 3 heteroatoms. The van der Waals surface area contributed by atoms with Crippen LogP contribution < -0.4 is 4.74 Å². The van der Waals surface area contributed by atoms with Gasteiger partial charge in [-0.2, -0.15) is 5.26 Å². The normalized spacial score (nSPS) is 11.1. The van der Waals surface area contributed by atoms with Gasteiger partial charge in [0.1, 0.15) is 5.75 Å². The third-order valence-electron chi connectivity index (χ3n) is 1.87. The standard InChI is InChI=1S/C11H10N2O/c1-9(7-12)10-3-5-11(6-4-10)14-8-13-2/h3-6,9H,8H2,1H3. The van der Waals surface area contributed by atoms with Gasteiger partial charge in [-0.25, -0.2) is 6.57 Å². The van der Waals surface area contributed by atoms with Crippen LogP contribution in [-0.2, 0) is 0 Å². The Morgan fingerprint density at radius 3 is 2.64 bits per heavy atom. The first-order valence-electron chi connectivity index (χ1n) is 4.23. The molecule has 1 unspecified atom stereocenters.